The van der Waals surface area contributed by atoms with Crippen molar-refractivity contribution in [2.24, 2.45) is 0 Å². The van der Waals surface area contributed by atoms with Crippen molar-refractivity contribution in [3.63, 3.8) is 0 Å². The highest BCUT2D eigenvalue weighted by molar-refractivity contribution is 6.19. The molecule has 2 rings (SSSR count). The van der Waals surface area contributed by atoms with Gasteiger partial charge in [-0.3, -0.25) is 4.79 Å². The molecular formula is C14H13ClO4. The SMILES string of the molecule is CC(=O)C1COc2c(OCC#CCCl)cccc2O1. The van der Waals surface area contributed by atoms with Gasteiger partial charge in [0.15, 0.2) is 23.4 Å². The number of benzene rings is 1. The number of alkyl halides is 1. The normalized spacial score (nSPS) is 16.2. The Bertz CT molecular complexity index is 530. The molecule has 0 fully saturated rings. The zero-order chi connectivity index (χ0) is 13.7. The summed E-state index contributed by atoms with van der Waals surface area (Å²) in [6.07, 6.45) is -0.557. The van der Waals surface area contributed by atoms with Crippen LogP contribution in [0.25, 0.3) is 0 Å². The van der Waals surface area contributed by atoms with E-state index in [0.29, 0.717) is 17.2 Å². The Morgan fingerprint density at radius 1 is 1.53 bits per heavy atom. The van der Waals surface area contributed by atoms with E-state index in [1.807, 2.05) is 0 Å². The van der Waals surface area contributed by atoms with Crippen LogP contribution in [0.3, 0.4) is 0 Å². The molecule has 0 spiro atoms. The molecule has 0 aromatic heterocycles. The first kappa shape index (κ1) is 13.6. The minimum Gasteiger partial charge on any atom is -0.482 e. The number of hydrogen-bond acceptors (Lipinski definition) is 4. The maximum atomic E-state index is 11.3. The van der Waals surface area contributed by atoms with Gasteiger partial charge < -0.3 is 14.2 Å². The summed E-state index contributed by atoms with van der Waals surface area (Å²) >= 11 is 5.44. The molecule has 1 atom stereocenters. The number of carbonyl (C=O) groups excluding carboxylic acids is 1. The molecule has 5 heteroatoms. The van der Waals surface area contributed by atoms with E-state index in [4.69, 9.17) is 25.8 Å². The lowest BCUT2D eigenvalue weighted by atomic mass is 10.2. The van der Waals surface area contributed by atoms with Crippen LogP contribution in [0, 0.1) is 11.8 Å². The molecule has 0 aliphatic carbocycles. The standard InChI is InChI=1S/C14H13ClO4/c1-10(16)13-9-18-14-11(17-8-3-2-7-15)5-4-6-12(14)19-13/h4-6,13H,7-9H2,1H3. The molecule has 0 saturated carbocycles. The van der Waals surface area contributed by atoms with Crippen LogP contribution in [0.2, 0.25) is 0 Å². The molecule has 0 amide bonds. The van der Waals surface area contributed by atoms with Crippen LogP contribution in [0.1, 0.15) is 6.92 Å². The molecule has 0 bridgehead atoms. The largest absolute Gasteiger partial charge is 0.482 e. The molecule has 1 aromatic carbocycles. The molecule has 1 aliphatic rings. The smallest absolute Gasteiger partial charge is 0.203 e. The average molecular weight is 281 g/mol. The molecule has 1 aliphatic heterocycles. The number of ketones is 1. The minimum absolute atomic E-state index is 0.0649. The predicted octanol–water partition coefficient (Wildman–Crippen LogP) is 2.04. The Balaban J connectivity index is 2.11. The van der Waals surface area contributed by atoms with Crippen LogP contribution >= 0.6 is 11.6 Å². The van der Waals surface area contributed by atoms with E-state index < -0.39 is 6.10 Å². The van der Waals surface area contributed by atoms with Crippen molar-refractivity contribution in [3.8, 4) is 29.1 Å². The lowest BCUT2D eigenvalue weighted by molar-refractivity contribution is -0.125. The van der Waals surface area contributed by atoms with E-state index >= 15 is 0 Å². The molecule has 0 radical (unpaired) electrons. The maximum absolute atomic E-state index is 11.3. The van der Waals surface area contributed by atoms with Crippen molar-refractivity contribution in [1.29, 1.82) is 0 Å². The van der Waals surface area contributed by atoms with Crippen molar-refractivity contribution < 1.29 is 19.0 Å². The van der Waals surface area contributed by atoms with Crippen molar-refractivity contribution >= 4 is 17.4 Å². The number of para-hydroxylation sites is 1. The third-order valence-electron chi connectivity index (χ3n) is 2.54. The Morgan fingerprint density at radius 3 is 3.11 bits per heavy atom. The topological polar surface area (TPSA) is 44.8 Å². The highest BCUT2D eigenvalue weighted by Crippen LogP contribution is 2.40. The molecule has 0 N–H and O–H groups in total. The summed E-state index contributed by atoms with van der Waals surface area (Å²) in [6, 6.07) is 5.27. The average Bonchev–Trinajstić information content (AvgIpc) is 2.43. The van der Waals surface area contributed by atoms with Crippen molar-refractivity contribution in [1.82, 2.24) is 0 Å². The summed E-state index contributed by atoms with van der Waals surface area (Å²) in [7, 11) is 0. The lowest BCUT2D eigenvalue weighted by Gasteiger charge is -2.25. The molecule has 100 valence electrons. The van der Waals surface area contributed by atoms with E-state index in [1.54, 1.807) is 18.2 Å². The summed E-state index contributed by atoms with van der Waals surface area (Å²) in [5.41, 5.74) is 0. The maximum Gasteiger partial charge on any atom is 0.203 e. The molecular weight excluding hydrogens is 268 g/mol. The van der Waals surface area contributed by atoms with Gasteiger partial charge in [0, 0.05) is 0 Å². The Hall–Kier alpha value is -1.86. The van der Waals surface area contributed by atoms with E-state index in [2.05, 4.69) is 11.8 Å². The van der Waals surface area contributed by atoms with Gasteiger partial charge in [0.1, 0.15) is 13.2 Å². The van der Waals surface area contributed by atoms with Crippen LogP contribution < -0.4 is 14.2 Å². The first-order chi connectivity index (χ1) is 9.22. The highest BCUT2D eigenvalue weighted by atomic mass is 35.5. The van der Waals surface area contributed by atoms with E-state index in [1.165, 1.54) is 6.92 Å². The van der Waals surface area contributed by atoms with Gasteiger partial charge in [-0.1, -0.05) is 17.9 Å². The summed E-state index contributed by atoms with van der Waals surface area (Å²) in [4.78, 5) is 11.3. The van der Waals surface area contributed by atoms with Crippen LogP contribution in [-0.2, 0) is 4.79 Å². The first-order valence-electron chi connectivity index (χ1n) is 5.79. The van der Waals surface area contributed by atoms with Gasteiger partial charge in [-0.15, -0.1) is 11.6 Å². The number of rotatable bonds is 3. The lowest BCUT2D eigenvalue weighted by Crippen LogP contribution is -2.35. The van der Waals surface area contributed by atoms with Crippen molar-refractivity contribution in [2.45, 2.75) is 13.0 Å². The fourth-order valence-corrected chi connectivity index (χ4v) is 1.70. The molecule has 19 heavy (non-hydrogen) atoms. The first-order valence-corrected chi connectivity index (χ1v) is 6.33. The molecule has 0 saturated heterocycles. The third kappa shape index (κ3) is 3.33. The van der Waals surface area contributed by atoms with Crippen molar-refractivity contribution in [3.05, 3.63) is 18.2 Å². The van der Waals surface area contributed by atoms with Gasteiger partial charge in [-0.05, 0) is 19.1 Å². The second-order valence-electron chi connectivity index (χ2n) is 3.89. The van der Waals surface area contributed by atoms with Crippen LogP contribution in [0.4, 0.5) is 0 Å². The quantitative estimate of drug-likeness (QED) is 0.628. The Kier molecular flexibility index (Phi) is 4.53. The Labute approximate surface area is 116 Å². The summed E-state index contributed by atoms with van der Waals surface area (Å²) in [5.74, 6) is 7.23. The van der Waals surface area contributed by atoms with Gasteiger partial charge in [-0.25, -0.2) is 0 Å². The minimum atomic E-state index is -0.557. The summed E-state index contributed by atoms with van der Waals surface area (Å²) < 4.78 is 16.6. The van der Waals surface area contributed by atoms with Crippen LogP contribution in [-0.4, -0.2) is 31.0 Å². The number of fused-ring (bicyclic) bond motifs is 1. The highest BCUT2D eigenvalue weighted by Gasteiger charge is 2.26. The number of ether oxygens (including phenoxy) is 3. The predicted molar refractivity (Wildman–Crippen MR) is 71.0 cm³/mol. The van der Waals surface area contributed by atoms with E-state index in [-0.39, 0.29) is 24.9 Å². The van der Waals surface area contributed by atoms with Crippen LogP contribution in [0.15, 0.2) is 18.2 Å². The number of Topliss-reactive ketones (excluding diaryl/α,β-unsaturated/α-hetero) is 1. The van der Waals surface area contributed by atoms with Gasteiger partial charge in [0.2, 0.25) is 5.75 Å². The van der Waals surface area contributed by atoms with Gasteiger partial charge in [0.25, 0.3) is 0 Å². The number of halogens is 1. The zero-order valence-corrected chi connectivity index (χ0v) is 11.2. The van der Waals surface area contributed by atoms with Crippen molar-refractivity contribution in [2.75, 3.05) is 19.1 Å². The third-order valence-corrected chi connectivity index (χ3v) is 2.67. The monoisotopic (exact) mass is 280 g/mol. The number of carbonyl (C=O) groups is 1. The van der Waals surface area contributed by atoms with E-state index in [9.17, 15) is 4.79 Å². The zero-order valence-electron chi connectivity index (χ0n) is 10.4. The molecule has 4 nitrogen and oxygen atoms in total. The fraction of sp³-hybridized carbons (Fsp3) is 0.357. The summed E-state index contributed by atoms with van der Waals surface area (Å²) in [5, 5.41) is 0. The second kappa shape index (κ2) is 6.35. The number of hydrogen-bond donors (Lipinski definition) is 0. The fourth-order valence-electron chi connectivity index (χ4n) is 1.60. The summed E-state index contributed by atoms with van der Waals surface area (Å²) in [6.45, 7) is 1.89. The van der Waals surface area contributed by atoms with Crippen LogP contribution in [0.5, 0.6) is 17.2 Å². The Morgan fingerprint density at radius 2 is 2.37 bits per heavy atom. The van der Waals surface area contributed by atoms with Gasteiger partial charge in [-0.2, -0.15) is 0 Å². The van der Waals surface area contributed by atoms with Gasteiger partial charge in [0.05, 0.1) is 5.88 Å². The molecule has 1 heterocycles. The van der Waals surface area contributed by atoms with E-state index in [0.717, 1.165) is 0 Å². The molecule has 1 unspecified atom stereocenters. The second-order valence-corrected chi connectivity index (χ2v) is 4.15. The van der Waals surface area contributed by atoms with Gasteiger partial charge >= 0.3 is 0 Å². The molecule has 1 aromatic rings.